The van der Waals surface area contributed by atoms with Crippen molar-refractivity contribution in [3.63, 3.8) is 0 Å². The van der Waals surface area contributed by atoms with Crippen LogP contribution in [0.5, 0.6) is 0 Å². The van der Waals surface area contributed by atoms with Crippen molar-refractivity contribution in [3.05, 3.63) is 77.1 Å². The van der Waals surface area contributed by atoms with Gasteiger partial charge in [-0.1, -0.05) is 35.9 Å². The number of hydrogen-bond donors (Lipinski definition) is 2. The van der Waals surface area contributed by atoms with Crippen LogP contribution >= 0.6 is 0 Å². The number of nitrogens with zero attached hydrogens (tertiary/aromatic N) is 2. The molecule has 2 N–H and O–H groups in total. The minimum Gasteiger partial charge on any atom is -0.324 e. The quantitative estimate of drug-likeness (QED) is 0.743. The zero-order valence-electron chi connectivity index (χ0n) is 14.5. The molecule has 25 heavy (non-hydrogen) atoms. The number of hydrogen-bond acceptors (Lipinski definition) is 4. The molecule has 0 aliphatic carbocycles. The molecule has 0 spiro atoms. The van der Waals surface area contributed by atoms with Crippen LogP contribution in [0.4, 0.5) is 17.3 Å². The van der Waals surface area contributed by atoms with Crippen LogP contribution < -0.4 is 10.6 Å². The molecule has 126 valence electrons. The summed E-state index contributed by atoms with van der Waals surface area (Å²) in [4.78, 5) is 20.9. The standard InChI is InChI=1S/C20H20N4O/c1-13-9-14(2)18(15(3)10-13)24-19(25)16-11-21-20(22-12-16)23-17-7-5-4-6-8-17/h4-12H,1-3H3,(H,24,25)(H,21,22,23). The molecule has 0 atom stereocenters. The lowest BCUT2D eigenvalue weighted by molar-refractivity contribution is 0.102. The predicted molar refractivity (Wildman–Crippen MR) is 100 cm³/mol. The van der Waals surface area contributed by atoms with Crippen LogP contribution in [0.25, 0.3) is 0 Å². The van der Waals surface area contributed by atoms with E-state index in [0.717, 1.165) is 22.5 Å². The number of aromatic nitrogens is 2. The van der Waals surface area contributed by atoms with Gasteiger partial charge in [-0.15, -0.1) is 0 Å². The first kappa shape index (κ1) is 16.6. The molecule has 0 aliphatic rings. The number of aryl methyl sites for hydroxylation is 3. The van der Waals surface area contributed by atoms with Crippen molar-refractivity contribution in [2.45, 2.75) is 20.8 Å². The van der Waals surface area contributed by atoms with E-state index in [9.17, 15) is 4.79 Å². The Morgan fingerprint density at radius 1 is 0.920 bits per heavy atom. The predicted octanol–water partition coefficient (Wildman–Crippen LogP) is 4.40. The van der Waals surface area contributed by atoms with Crippen LogP contribution in [0.15, 0.2) is 54.9 Å². The Morgan fingerprint density at radius 2 is 1.52 bits per heavy atom. The third kappa shape index (κ3) is 4.01. The van der Waals surface area contributed by atoms with E-state index in [1.54, 1.807) is 0 Å². The fraction of sp³-hybridized carbons (Fsp3) is 0.150. The highest BCUT2D eigenvalue weighted by Gasteiger charge is 2.11. The molecule has 1 heterocycles. The third-order valence-corrected chi connectivity index (χ3v) is 3.86. The molecule has 1 aromatic heterocycles. The van der Waals surface area contributed by atoms with E-state index < -0.39 is 0 Å². The summed E-state index contributed by atoms with van der Waals surface area (Å²) >= 11 is 0. The minimum atomic E-state index is -0.221. The van der Waals surface area contributed by atoms with Crippen LogP contribution in [0, 0.1) is 20.8 Å². The van der Waals surface area contributed by atoms with Gasteiger partial charge in [-0.2, -0.15) is 0 Å². The lowest BCUT2D eigenvalue weighted by Crippen LogP contribution is -2.15. The average Bonchev–Trinajstić information content (AvgIpc) is 2.59. The smallest absolute Gasteiger partial charge is 0.258 e. The van der Waals surface area contributed by atoms with Gasteiger partial charge >= 0.3 is 0 Å². The first-order chi connectivity index (χ1) is 12.0. The molecule has 3 aromatic rings. The Hall–Kier alpha value is -3.21. The molecule has 0 bridgehead atoms. The molecule has 0 saturated carbocycles. The van der Waals surface area contributed by atoms with Crippen LogP contribution in [0.3, 0.4) is 0 Å². The number of nitrogens with one attached hydrogen (secondary N) is 2. The van der Waals surface area contributed by atoms with Gasteiger partial charge in [-0.05, 0) is 44.0 Å². The lowest BCUT2D eigenvalue weighted by Gasteiger charge is -2.13. The number of carbonyl (C=O) groups excluding carboxylic acids is 1. The normalized spacial score (nSPS) is 10.4. The van der Waals surface area contributed by atoms with Gasteiger partial charge in [-0.25, -0.2) is 9.97 Å². The van der Waals surface area contributed by atoms with E-state index in [0.29, 0.717) is 11.5 Å². The second-order valence-electron chi connectivity index (χ2n) is 6.01. The first-order valence-corrected chi connectivity index (χ1v) is 8.06. The number of rotatable bonds is 4. The summed E-state index contributed by atoms with van der Waals surface area (Å²) in [7, 11) is 0. The summed E-state index contributed by atoms with van der Waals surface area (Å²) in [6.45, 7) is 6.01. The highest BCUT2D eigenvalue weighted by atomic mass is 16.1. The van der Waals surface area contributed by atoms with Gasteiger partial charge in [0.1, 0.15) is 0 Å². The van der Waals surface area contributed by atoms with Gasteiger partial charge in [0.2, 0.25) is 5.95 Å². The van der Waals surface area contributed by atoms with Gasteiger partial charge in [-0.3, -0.25) is 4.79 Å². The maximum absolute atomic E-state index is 12.5. The Labute approximate surface area is 147 Å². The number of carbonyl (C=O) groups is 1. The van der Waals surface area contributed by atoms with Crippen molar-refractivity contribution in [2.24, 2.45) is 0 Å². The van der Waals surface area contributed by atoms with Crippen molar-refractivity contribution in [1.82, 2.24) is 9.97 Å². The molecule has 5 nitrogen and oxygen atoms in total. The molecular weight excluding hydrogens is 312 g/mol. The van der Waals surface area contributed by atoms with Gasteiger partial charge in [0.25, 0.3) is 5.91 Å². The molecule has 0 unspecified atom stereocenters. The minimum absolute atomic E-state index is 0.221. The Balaban J connectivity index is 1.73. The Morgan fingerprint density at radius 3 is 2.12 bits per heavy atom. The monoisotopic (exact) mass is 332 g/mol. The topological polar surface area (TPSA) is 66.9 Å². The third-order valence-electron chi connectivity index (χ3n) is 3.86. The summed E-state index contributed by atoms with van der Waals surface area (Å²) in [6, 6.07) is 13.7. The first-order valence-electron chi connectivity index (χ1n) is 8.06. The molecule has 3 rings (SSSR count). The van der Waals surface area contributed by atoms with E-state index in [4.69, 9.17) is 0 Å². The van der Waals surface area contributed by atoms with Crippen LogP contribution in [-0.4, -0.2) is 15.9 Å². The molecule has 1 amide bonds. The summed E-state index contributed by atoms with van der Waals surface area (Å²) < 4.78 is 0. The summed E-state index contributed by atoms with van der Waals surface area (Å²) in [5.41, 5.74) is 5.39. The van der Waals surface area contributed by atoms with E-state index in [1.165, 1.54) is 18.0 Å². The Kier molecular flexibility index (Phi) is 4.75. The Bertz CT molecular complexity index is 866. The number of anilines is 3. The second kappa shape index (κ2) is 7.13. The zero-order chi connectivity index (χ0) is 17.8. The molecule has 0 radical (unpaired) electrons. The molecule has 0 aliphatic heterocycles. The summed E-state index contributed by atoms with van der Waals surface area (Å²) in [6.07, 6.45) is 3.04. The van der Waals surface area contributed by atoms with Crippen LogP contribution in [-0.2, 0) is 0 Å². The highest BCUT2D eigenvalue weighted by Crippen LogP contribution is 2.22. The van der Waals surface area contributed by atoms with Crippen molar-refractivity contribution < 1.29 is 4.79 Å². The van der Waals surface area contributed by atoms with Crippen molar-refractivity contribution in [2.75, 3.05) is 10.6 Å². The fourth-order valence-corrected chi connectivity index (χ4v) is 2.72. The second-order valence-corrected chi connectivity index (χ2v) is 6.01. The van der Waals surface area contributed by atoms with Crippen LogP contribution in [0.1, 0.15) is 27.0 Å². The van der Waals surface area contributed by atoms with E-state index in [1.807, 2.05) is 63.2 Å². The summed E-state index contributed by atoms with van der Waals surface area (Å²) in [5, 5.41) is 6.04. The number of benzene rings is 2. The van der Waals surface area contributed by atoms with E-state index in [-0.39, 0.29) is 5.91 Å². The molecular formula is C20H20N4O. The molecule has 2 aromatic carbocycles. The van der Waals surface area contributed by atoms with Gasteiger partial charge in [0, 0.05) is 23.8 Å². The van der Waals surface area contributed by atoms with Crippen molar-refractivity contribution in [3.8, 4) is 0 Å². The van der Waals surface area contributed by atoms with Crippen molar-refractivity contribution in [1.29, 1.82) is 0 Å². The average molecular weight is 332 g/mol. The fourth-order valence-electron chi connectivity index (χ4n) is 2.72. The highest BCUT2D eigenvalue weighted by molar-refractivity contribution is 6.04. The van der Waals surface area contributed by atoms with Crippen LogP contribution in [0.2, 0.25) is 0 Å². The zero-order valence-corrected chi connectivity index (χ0v) is 14.5. The number of amides is 1. The lowest BCUT2D eigenvalue weighted by atomic mass is 10.0. The largest absolute Gasteiger partial charge is 0.324 e. The van der Waals surface area contributed by atoms with Gasteiger partial charge < -0.3 is 10.6 Å². The number of para-hydroxylation sites is 1. The van der Waals surface area contributed by atoms with Crippen molar-refractivity contribution >= 4 is 23.2 Å². The van der Waals surface area contributed by atoms with Gasteiger partial charge in [0.15, 0.2) is 0 Å². The molecule has 5 heteroatoms. The molecule has 0 fully saturated rings. The maximum atomic E-state index is 12.5. The SMILES string of the molecule is Cc1cc(C)c(NC(=O)c2cnc(Nc3ccccc3)nc2)c(C)c1. The molecule has 0 saturated heterocycles. The van der Waals surface area contributed by atoms with E-state index in [2.05, 4.69) is 20.6 Å². The van der Waals surface area contributed by atoms with Gasteiger partial charge in [0.05, 0.1) is 5.56 Å². The van der Waals surface area contributed by atoms with E-state index >= 15 is 0 Å². The maximum Gasteiger partial charge on any atom is 0.258 e. The summed E-state index contributed by atoms with van der Waals surface area (Å²) in [5.74, 6) is 0.228.